The Hall–Kier alpha value is -3.63. The maximum atomic E-state index is 13.6. The van der Waals surface area contributed by atoms with Crippen LogP contribution in [0.3, 0.4) is 0 Å². The van der Waals surface area contributed by atoms with Crippen LogP contribution in [0.25, 0.3) is 11.1 Å². The zero-order chi connectivity index (χ0) is 25.1. The van der Waals surface area contributed by atoms with Gasteiger partial charge in [0.1, 0.15) is 22.9 Å². The van der Waals surface area contributed by atoms with Gasteiger partial charge < -0.3 is 19.7 Å². The molecular weight excluding hydrogens is 465 g/mol. The lowest BCUT2D eigenvalue weighted by molar-refractivity contribution is -0.175. The number of phenols is 2. The average molecular weight is 490 g/mol. The van der Waals surface area contributed by atoms with Crippen molar-refractivity contribution >= 4 is 21.7 Å². The molecule has 0 aromatic heterocycles. The number of anilines is 1. The highest BCUT2D eigenvalue weighted by molar-refractivity contribution is 7.92. The van der Waals surface area contributed by atoms with Crippen LogP contribution in [-0.4, -0.2) is 37.0 Å². The second-order valence-corrected chi connectivity index (χ2v) is 9.43. The van der Waals surface area contributed by atoms with E-state index in [0.717, 1.165) is 18.2 Å². The van der Waals surface area contributed by atoms with Gasteiger partial charge in [-0.1, -0.05) is 12.1 Å². The van der Waals surface area contributed by atoms with Crippen molar-refractivity contribution in [3.63, 3.8) is 0 Å². The largest absolute Gasteiger partial charge is 0.507 e. The van der Waals surface area contributed by atoms with Crippen LogP contribution in [0.15, 0.2) is 65.6 Å². The lowest BCUT2D eigenvalue weighted by atomic mass is 10.0. The van der Waals surface area contributed by atoms with Gasteiger partial charge in [0.15, 0.2) is 0 Å². The summed E-state index contributed by atoms with van der Waals surface area (Å²) in [6.07, 6.45) is 0. The Bertz CT molecular complexity index is 1320. The first-order valence-corrected chi connectivity index (χ1v) is 11.7. The first-order chi connectivity index (χ1) is 15.9. The summed E-state index contributed by atoms with van der Waals surface area (Å²) in [5.74, 6) is -3.33. The molecule has 0 atom stereocenters. The van der Waals surface area contributed by atoms with Gasteiger partial charge in [-0.3, -0.25) is 4.72 Å². The van der Waals surface area contributed by atoms with Crippen molar-refractivity contribution < 1.29 is 37.3 Å². The summed E-state index contributed by atoms with van der Waals surface area (Å²) in [6.45, 7) is 5.15. The van der Waals surface area contributed by atoms with E-state index in [9.17, 15) is 27.8 Å². The maximum Gasteiger partial charge on any atom is 0.344 e. The molecule has 0 aliphatic carbocycles. The highest BCUT2D eigenvalue weighted by Gasteiger charge is 2.26. The molecular formula is C24H24FNO7S. The Morgan fingerprint density at radius 2 is 1.76 bits per heavy atom. The van der Waals surface area contributed by atoms with Crippen molar-refractivity contribution in [3.05, 3.63) is 72.0 Å². The fraction of sp³-hybridized carbons (Fsp3) is 0.208. The second-order valence-electron chi connectivity index (χ2n) is 7.75. The molecule has 3 aromatic rings. The lowest BCUT2D eigenvalue weighted by Gasteiger charge is -2.24. The van der Waals surface area contributed by atoms with Crippen molar-refractivity contribution in [1.29, 1.82) is 0 Å². The SMILES string of the molecule is CCOC(C)(C)OC(=O)c1ccc(NS(=O)(=O)c2cccc(-c3cc(F)ccc3O)c2)cc1O. The van der Waals surface area contributed by atoms with Gasteiger partial charge in [0.25, 0.3) is 10.0 Å². The second kappa shape index (κ2) is 9.70. The highest BCUT2D eigenvalue weighted by Crippen LogP contribution is 2.32. The molecule has 0 heterocycles. The van der Waals surface area contributed by atoms with Gasteiger partial charge in [0, 0.05) is 32.1 Å². The number of ether oxygens (including phenoxy) is 2. The number of sulfonamides is 1. The molecule has 0 aliphatic heterocycles. The van der Waals surface area contributed by atoms with Crippen LogP contribution in [0.1, 0.15) is 31.1 Å². The van der Waals surface area contributed by atoms with Gasteiger partial charge in [-0.05, 0) is 55.0 Å². The summed E-state index contributed by atoms with van der Waals surface area (Å²) in [6, 6.07) is 12.5. The zero-order valence-corrected chi connectivity index (χ0v) is 19.5. The predicted octanol–water partition coefficient (Wildman–Crippen LogP) is 4.63. The van der Waals surface area contributed by atoms with Crippen LogP contribution < -0.4 is 4.72 Å². The summed E-state index contributed by atoms with van der Waals surface area (Å²) < 4.78 is 52.2. The van der Waals surface area contributed by atoms with Gasteiger partial charge in [0.2, 0.25) is 5.79 Å². The van der Waals surface area contributed by atoms with E-state index in [1.54, 1.807) is 20.8 Å². The van der Waals surface area contributed by atoms with Crippen LogP contribution >= 0.6 is 0 Å². The van der Waals surface area contributed by atoms with Gasteiger partial charge in [-0.15, -0.1) is 0 Å². The Morgan fingerprint density at radius 3 is 2.44 bits per heavy atom. The maximum absolute atomic E-state index is 13.6. The molecule has 0 bridgehead atoms. The molecule has 0 fully saturated rings. The van der Waals surface area contributed by atoms with Crippen LogP contribution in [0.4, 0.5) is 10.1 Å². The molecule has 0 saturated heterocycles. The fourth-order valence-corrected chi connectivity index (χ4v) is 4.30. The molecule has 0 aliphatic rings. The monoisotopic (exact) mass is 489 g/mol. The molecule has 10 heteroatoms. The van der Waals surface area contributed by atoms with E-state index in [1.165, 1.54) is 42.5 Å². The third-order valence-electron chi connectivity index (χ3n) is 4.71. The topological polar surface area (TPSA) is 122 Å². The molecule has 8 nitrogen and oxygen atoms in total. The number of aromatic hydroxyl groups is 2. The van der Waals surface area contributed by atoms with Crippen molar-refractivity contribution in [2.75, 3.05) is 11.3 Å². The molecule has 0 radical (unpaired) electrons. The van der Waals surface area contributed by atoms with E-state index in [1.807, 2.05) is 0 Å². The first-order valence-electron chi connectivity index (χ1n) is 10.2. The Labute approximate surface area is 196 Å². The van der Waals surface area contributed by atoms with Crippen LogP contribution in [0.2, 0.25) is 0 Å². The number of hydrogen-bond acceptors (Lipinski definition) is 7. The standard InChI is InChI=1S/C24H24FNO7S/c1-4-32-24(2,3)33-23(29)19-10-9-17(14-22(19)28)26-34(30,31)18-7-5-6-15(12-18)20-13-16(25)8-11-21(20)27/h5-14,26-28H,4H2,1-3H3. The molecule has 0 amide bonds. The molecule has 0 unspecified atom stereocenters. The molecule has 0 saturated carbocycles. The van der Waals surface area contributed by atoms with Crippen molar-refractivity contribution in [2.24, 2.45) is 0 Å². The number of carbonyl (C=O) groups is 1. The summed E-state index contributed by atoms with van der Waals surface area (Å²) in [7, 11) is -4.13. The van der Waals surface area contributed by atoms with Crippen molar-refractivity contribution in [2.45, 2.75) is 31.5 Å². The van der Waals surface area contributed by atoms with Crippen LogP contribution in [-0.2, 0) is 19.5 Å². The number of carbonyl (C=O) groups excluding carboxylic acids is 1. The highest BCUT2D eigenvalue weighted by atomic mass is 32.2. The van der Waals surface area contributed by atoms with Gasteiger partial charge in [-0.25, -0.2) is 17.6 Å². The number of hydrogen-bond donors (Lipinski definition) is 3. The molecule has 3 aromatic carbocycles. The normalized spacial score (nSPS) is 11.8. The minimum atomic E-state index is -4.13. The van der Waals surface area contributed by atoms with Gasteiger partial charge in [-0.2, -0.15) is 0 Å². The number of benzene rings is 3. The van der Waals surface area contributed by atoms with E-state index in [-0.39, 0.29) is 33.0 Å². The first kappa shape index (κ1) is 25.0. The van der Waals surface area contributed by atoms with Crippen molar-refractivity contribution in [3.8, 4) is 22.6 Å². The van der Waals surface area contributed by atoms with Crippen LogP contribution in [0, 0.1) is 5.82 Å². The van der Waals surface area contributed by atoms with E-state index in [0.29, 0.717) is 6.61 Å². The van der Waals surface area contributed by atoms with E-state index < -0.39 is 33.3 Å². The van der Waals surface area contributed by atoms with Gasteiger partial charge in [0.05, 0.1) is 10.6 Å². The summed E-state index contributed by atoms with van der Waals surface area (Å²) in [5, 5.41) is 20.3. The number of nitrogens with one attached hydrogen (secondary N) is 1. The van der Waals surface area contributed by atoms with E-state index in [4.69, 9.17) is 9.47 Å². The third kappa shape index (κ3) is 5.83. The third-order valence-corrected chi connectivity index (χ3v) is 6.09. The number of halogens is 1. The zero-order valence-electron chi connectivity index (χ0n) is 18.7. The lowest BCUT2D eigenvalue weighted by Crippen LogP contribution is -2.31. The van der Waals surface area contributed by atoms with E-state index in [2.05, 4.69) is 4.72 Å². The summed E-state index contributed by atoms with van der Waals surface area (Å²) >= 11 is 0. The van der Waals surface area contributed by atoms with Gasteiger partial charge >= 0.3 is 5.97 Å². The molecule has 34 heavy (non-hydrogen) atoms. The number of phenolic OH excluding ortho intramolecular Hbond substituents is 2. The van der Waals surface area contributed by atoms with Crippen LogP contribution in [0.5, 0.6) is 11.5 Å². The Balaban J connectivity index is 1.84. The molecule has 3 rings (SSSR count). The smallest absolute Gasteiger partial charge is 0.344 e. The molecule has 180 valence electrons. The summed E-state index contributed by atoms with van der Waals surface area (Å²) in [5.41, 5.74) is 0.252. The number of rotatable bonds is 8. The molecule has 3 N–H and O–H groups in total. The predicted molar refractivity (Wildman–Crippen MR) is 124 cm³/mol. The molecule has 0 spiro atoms. The Kier molecular flexibility index (Phi) is 7.13. The summed E-state index contributed by atoms with van der Waals surface area (Å²) in [4.78, 5) is 12.2. The minimum absolute atomic E-state index is 0.00266. The minimum Gasteiger partial charge on any atom is -0.507 e. The van der Waals surface area contributed by atoms with Crippen molar-refractivity contribution in [1.82, 2.24) is 0 Å². The van der Waals surface area contributed by atoms with E-state index >= 15 is 0 Å². The fourth-order valence-electron chi connectivity index (χ4n) is 3.21. The Morgan fingerprint density at radius 1 is 1.03 bits per heavy atom. The average Bonchev–Trinajstić information content (AvgIpc) is 2.75. The number of esters is 1. The quantitative estimate of drug-likeness (QED) is 0.311.